The van der Waals surface area contributed by atoms with Crippen molar-refractivity contribution in [3.63, 3.8) is 0 Å². The van der Waals surface area contributed by atoms with Crippen LogP contribution in [0, 0.1) is 0 Å². The first-order valence-corrected chi connectivity index (χ1v) is 7.81. The van der Waals surface area contributed by atoms with E-state index in [9.17, 15) is 0 Å². The molecule has 0 spiro atoms. The number of methoxy groups -OCH3 is 2. The molecule has 0 saturated heterocycles. The van der Waals surface area contributed by atoms with Crippen LogP contribution >= 0.6 is 0 Å². The Hall–Kier alpha value is -2.51. The zero-order valence-electron chi connectivity index (χ0n) is 13.9. The molecule has 0 aliphatic heterocycles. The van der Waals surface area contributed by atoms with E-state index in [1.807, 2.05) is 39.7 Å². The van der Waals surface area contributed by atoms with Crippen LogP contribution in [0.25, 0.3) is 23.0 Å². The fraction of sp³-hybridized carbons (Fsp3) is 0.353. The van der Waals surface area contributed by atoms with Gasteiger partial charge in [-0.2, -0.15) is 0 Å². The maximum atomic E-state index is 5.15. The monoisotopic (exact) mass is 327 g/mol. The van der Waals surface area contributed by atoms with Crippen LogP contribution in [0.3, 0.4) is 0 Å². The number of pyridine rings is 1. The van der Waals surface area contributed by atoms with E-state index in [-0.39, 0.29) is 0 Å². The number of aromatic nitrogens is 5. The van der Waals surface area contributed by atoms with Gasteiger partial charge < -0.3 is 18.6 Å². The van der Waals surface area contributed by atoms with Gasteiger partial charge in [-0.25, -0.2) is 15.0 Å². The van der Waals surface area contributed by atoms with E-state index in [0.717, 1.165) is 36.1 Å². The van der Waals surface area contributed by atoms with Crippen molar-refractivity contribution in [2.75, 3.05) is 27.4 Å². The van der Waals surface area contributed by atoms with E-state index in [1.165, 1.54) is 0 Å². The van der Waals surface area contributed by atoms with Gasteiger partial charge in [0.1, 0.15) is 11.4 Å². The second-order valence-electron chi connectivity index (χ2n) is 5.28. The van der Waals surface area contributed by atoms with E-state index in [1.54, 1.807) is 26.6 Å². The largest absolute Gasteiger partial charge is 0.383 e. The molecule has 0 radical (unpaired) electrons. The molecule has 3 heterocycles. The first-order valence-electron chi connectivity index (χ1n) is 7.81. The van der Waals surface area contributed by atoms with Gasteiger partial charge in [0.05, 0.1) is 13.2 Å². The molecule has 3 rings (SSSR count). The summed E-state index contributed by atoms with van der Waals surface area (Å²) < 4.78 is 14.4. The number of nitrogens with zero attached hydrogens (tertiary/aromatic N) is 5. The van der Waals surface area contributed by atoms with Gasteiger partial charge >= 0.3 is 0 Å². The van der Waals surface area contributed by atoms with Gasteiger partial charge in [-0.05, 0) is 12.1 Å². The van der Waals surface area contributed by atoms with Gasteiger partial charge in [0.15, 0.2) is 11.6 Å². The Kier molecular flexibility index (Phi) is 5.35. The molecule has 0 atom stereocenters. The minimum Gasteiger partial charge on any atom is -0.383 e. The fourth-order valence-electron chi connectivity index (χ4n) is 2.51. The standard InChI is InChI=1S/C17H21N5O2/c1-23-12-10-21-8-6-18-16(21)14-4-3-5-15(20-14)17-19-7-9-22(17)11-13-24-2/h3-9H,10-13H2,1-2H3. The molecule has 0 unspecified atom stereocenters. The van der Waals surface area contributed by atoms with Gasteiger partial charge in [0.25, 0.3) is 0 Å². The lowest BCUT2D eigenvalue weighted by Gasteiger charge is -2.09. The molecule has 0 aliphatic carbocycles. The third kappa shape index (κ3) is 3.52. The van der Waals surface area contributed by atoms with Crippen LogP contribution in [0.5, 0.6) is 0 Å². The van der Waals surface area contributed by atoms with Crippen LogP contribution in [0.1, 0.15) is 0 Å². The third-order valence-corrected chi connectivity index (χ3v) is 3.71. The highest BCUT2D eigenvalue weighted by Gasteiger charge is 2.12. The van der Waals surface area contributed by atoms with Gasteiger partial charge in [0.2, 0.25) is 0 Å². The van der Waals surface area contributed by atoms with Crippen LogP contribution in [0.15, 0.2) is 43.0 Å². The Bertz CT molecular complexity index is 719. The predicted octanol–water partition coefficient (Wildman–Crippen LogP) is 2.10. The normalized spacial score (nSPS) is 11.1. The molecule has 0 saturated carbocycles. The highest BCUT2D eigenvalue weighted by molar-refractivity contribution is 5.58. The first-order chi connectivity index (χ1) is 11.8. The van der Waals surface area contributed by atoms with Gasteiger partial charge in [-0.15, -0.1) is 0 Å². The van der Waals surface area contributed by atoms with Crippen molar-refractivity contribution in [2.24, 2.45) is 0 Å². The summed E-state index contributed by atoms with van der Waals surface area (Å²) in [6, 6.07) is 5.89. The molecule has 24 heavy (non-hydrogen) atoms. The van der Waals surface area contributed by atoms with E-state index < -0.39 is 0 Å². The number of rotatable bonds is 8. The Labute approximate surface area is 140 Å². The average molecular weight is 327 g/mol. The molecule has 7 heteroatoms. The smallest absolute Gasteiger partial charge is 0.158 e. The molecule has 0 amide bonds. The van der Waals surface area contributed by atoms with E-state index in [2.05, 4.69) is 9.97 Å². The second kappa shape index (κ2) is 7.85. The number of ether oxygens (including phenoxy) is 2. The lowest BCUT2D eigenvalue weighted by molar-refractivity contribution is 0.187. The van der Waals surface area contributed by atoms with Gasteiger partial charge in [-0.3, -0.25) is 0 Å². The van der Waals surface area contributed by atoms with Crippen LogP contribution in [-0.2, 0) is 22.6 Å². The second-order valence-corrected chi connectivity index (χ2v) is 5.28. The molecule has 3 aromatic heterocycles. The Morgan fingerprint density at radius 1 is 0.833 bits per heavy atom. The van der Waals surface area contributed by atoms with E-state index >= 15 is 0 Å². The zero-order chi connectivity index (χ0) is 16.8. The summed E-state index contributed by atoms with van der Waals surface area (Å²) in [5.74, 6) is 1.65. The maximum Gasteiger partial charge on any atom is 0.158 e. The minimum absolute atomic E-state index is 0.629. The topological polar surface area (TPSA) is 67.0 Å². The quantitative estimate of drug-likeness (QED) is 0.634. The van der Waals surface area contributed by atoms with Crippen molar-refractivity contribution in [2.45, 2.75) is 13.1 Å². The van der Waals surface area contributed by atoms with Crippen LogP contribution in [0.2, 0.25) is 0 Å². The van der Waals surface area contributed by atoms with E-state index in [4.69, 9.17) is 14.5 Å². The van der Waals surface area contributed by atoms with Crippen molar-refractivity contribution >= 4 is 0 Å². The number of hydrogen-bond donors (Lipinski definition) is 0. The highest BCUT2D eigenvalue weighted by atomic mass is 16.5. The van der Waals surface area contributed by atoms with Crippen molar-refractivity contribution in [3.05, 3.63) is 43.0 Å². The summed E-state index contributed by atoms with van der Waals surface area (Å²) in [5, 5.41) is 0. The van der Waals surface area contributed by atoms with Gasteiger partial charge in [0, 0.05) is 52.1 Å². The highest BCUT2D eigenvalue weighted by Crippen LogP contribution is 2.21. The number of imidazole rings is 2. The van der Waals surface area contributed by atoms with Crippen molar-refractivity contribution in [1.29, 1.82) is 0 Å². The first kappa shape index (κ1) is 16.4. The predicted molar refractivity (Wildman–Crippen MR) is 90.4 cm³/mol. The summed E-state index contributed by atoms with van der Waals surface area (Å²) >= 11 is 0. The summed E-state index contributed by atoms with van der Waals surface area (Å²) in [5.41, 5.74) is 1.63. The molecule has 0 aliphatic rings. The fourth-order valence-corrected chi connectivity index (χ4v) is 2.51. The van der Waals surface area contributed by atoms with Crippen molar-refractivity contribution < 1.29 is 9.47 Å². The lowest BCUT2D eigenvalue weighted by atomic mass is 10.2. The Morgan fingerprint density at radius 3 is 1.79 bits per heavy atom. The summed E-state index contributed by atoms with van der Waals surface area (Å²) in [4.78, 5) is 13.6. The maximum absolute atomic E-state index is 5.15. The Morgan fingerprint density at radius 2 is 1.33 bits per heavy atom. The van der Waals surface area contributed by atoms with Crippen molar-refractivity contribution in [3.8, 4) is 23.0 Å². The van der Waals surface area contributed by atoms with Gasteiger partial charge in [-0.1, -0.05) is 6.07 Å². The molecule has 0 bridgehead atoms. The van der Waals surface area contributed by atoms with Crippen LogP contribution in [0.4, 0.5) is 0 Å². The summed E-state index contributed by atoms with van der Waals surface area (Å²) in [6.45, 7) is 2.73. The molecule has 0 N–H and O–H groups in total. The summed E-state index contributed by atoms with van der Waals surface area (Å²) in [7, 11) is 3.38. The van der Waals surface area contributed by atoms with Crippen molar-refractivity contribution in [1.82, 2.24) is 24.1 Å². The third-order valence-electron chi connectivity index (χ3n) is 3.71. The van der Waals surface area contributed by atoms with Crippen LogP contribution < -0.4 is 0 Å². The molecular weight excluding hydrogens is 306 g/mol. The lowest BCUT2D eigenvalue weighted by Crippen LogP contribution is -2.07. The molecule has 126 valence electrons. The molecular formula is C17H21N5O2. The molecule has 3 aromatic rings. The minimum atomic E-state index is 0.629. The van der Waals surface area contributed by atoms with Crippen LogP contribution in [-0.4, -0.2) is 51.5 Å². The Balaban J connectivity index is 1.90. The molecule has 0 aromatic carbocycles. The number of hydrogen-bond acceptors (Lipinski definition) is 5. The average Bonchev–Trinajstić information content (AvgIpc) is 3.27. The zero-order valence-corrected chi connectivity index (χ0v) is 13.9. The van der Waals surface area contributed by atoms with E-state index in [0.29, 0.717) is 13.2 Å². The molecule has 7 nitrogen and oxygen atoms in total. The summed E-state index contributed by atoms with van der Waals surface area (Å²) in [6.07, 6.45) is 7.42. The SMILES string of the molecule is COCCn1ccnc1-c1cccc(-c2nccn2CCOC)n1. The molecule has 0 fully saturated rings.